The van der Waals surface area contributed by atoms with Gasteiger partial charge in [0, 0.05) is 18.7 Å². The maximum atomic E-state index is 13.9. The fourth-order valence-corrected chi connectivity index (χ4v) is 5.87. The molecule has 1 atom stereocenters. The van der Waals surface area contributed by atoms with Gasteiger partial charge in [0.15, 0.2) is 0 Å². The number of sulfonamides is 1. The van der Waals surface area contributed by atoms with Crippen LogP contribution < -0.4 is 19.1 Å². The number of methoxy groups -OCH3 is 2. The van der Waals surface area contributed by atoms with Crippen molar-refractivity contribution in [2.24, 2.45) is 0 Å². The third kappa shape index (κ3) is 8.36. The fourth-order valence-electron chi connectivity index (χ4n) is 5.03. The van der Waals surface area contributed by atoms with Crippen LogP contribution in [0.25, 0.3) is 0 Å². The van der Waals surface area contributed by atoms with E-state index in [0.717, 1.165) is 41.8 Å². The molecule has 3 rings (SSSR count). The van der Waals surface area contributed by atoms with Gasteiger partial charge in [-0.3, -0.25) is 13.9 Å². The van der Waals surface area contributed by atoms with Crippen LogP contribution in [-0.4, -0.2) is 70.8 Å². The van der Waals surface area contributed by atoms with E-state index in [9.17, 15) is 18.0 Å². The van der Waals surface area contributed by atoms with E-state index in [1.807, 2.05) is 37.3 Å². The third-order valence-electron chi connectivity index (χ3n) is 7.16. The monoisotopic (exact) mass is 559 g/mol. The summed E-state index contributed by atoms with van der Waals surface area (Å²) in [6.45, 7) is 1.66. The molecule has 0 heterocycles. The van der Waals surface area contributed by atoms with Crippen LogP contribution in [-0.2, 0) is 26.0 Å². The first kappa shape index (κ1) is 30.3. The minimum atomic E-state index is -3.90. The lowest BCUT2D eigenvalue weighted by Crippen LogP contribution is -2.54. The molecule has 0 saturated heterocycles. The lowest BCUT2D eigenvalue weighted by atomic mass is 9.95. The number of hydrogen-bond donors (Lipinski definition) is 1. The van der Waals surface area contributed by atoms with Crippen molar-refractivity contribution < 1.29 is 27.5 Å². The third-order valence-corrected chi connectivity index (χ3v) is 8.28. The Hall–Kier alpha value is -3.27. The van der Waals surface area contributed by atoms with Crippen LogP contribution in [0.4, 0.5) is 5.69 Å². The highest BCUT2D eigenvalue weighted by atomic mass is 32.2. The molecular formula is C29H41N3O6S. The number of rotatable bonds is 13. The van der Waals surface area contributed by atoms with Crippen LogP contribution in [0.2, 0.25) is 0 Å². The molecule has 39 heavy (non-hydrogen) atoms. The summed E-state index contributed by atoms with van der Waals surface area (Å²) in [5.41, 5.74) is 1.21. The van der Waals surface area contributed by atoms with Crippen LogP contribution in [0.3, 0.4) is 0 Å². The average molecular weight is 560 g/mol. The van der Waals surface area contributed by atoms with Crippen molar-refractivity contribution in [3.05, 3.63) is 54.1 Å². The van der Waals surface area contributed by atoms with Crippen molar-refractivity contribution in [3.63, 3.8) is 0 Å². The molecule has 2 aromatic carbocycles. The molecular weight excluding hydrogens is 518 g/mol. The number of amides is 2. The number of benzene rings is 2. The van der Waals surface area contributed by atoms with Crippen molar-refractivity contribution in [2.75, 3.05) is 37.9 Å². The van der Waals surface area contributed by atoms with Crippen LogP contribution in [0.15, 0.2) is 48.5 Å². The molecule has 0 spiro atoms. The number of nitrogens with zero attached hydrogens (tertiary/aromatic N) is 2. The molecule has 2 amide bonds. The molecule has 0 bridgehead atoms. The summed E-state index contributed by atoms with van der Waals surface area (Å²) in [7, 11) is -0.988. The smallest absolute Gasteiger partial charge is 0.244 e. The van der Waals surface area contributed by atoms with Gasteiger partial charge in [-0.05, 0) is 43.4 Å². The molecule has 9 nitrogen and oxygen atoms in total. The largest absolute Gasteiger partial charge is 0.497 e. The highest BCUT2D eigenvalue weighted by Crippen LogP contribution is 2.34. The van der Waals surface area contributed by atoms with Crippen molar-refractivity contribution in [2.45, 2.75) is 64.0 Å². The van der Waals surface area contributed by atoms with E-state index in [-0.39, 0.29) is 29.9 Å². The fraction of sp³-hybridized carbons (Fsp3) is 0.517. The lowest BCUT2D eigenvalue weighted by molar-refractivity contribution is -0.140. The van der Waals surface area contributed by atoms with Gasteiger partial charge in [-0.25, -0.2) is 8.42 Å². The molecule has 1 N–H and O–H groups in total. The van der Waals surface area contributed by atoms with Crippen LogP contribution >= 0.6 is 0 Å². The average Bonchev–Trinajstić information content (AvgIpc) is 2.93. The lowest BCUT2D eigenvalue weighted by Gasteiger charge is -2.34. The van der Waals surface area contributed by atoms with Crippen LogP contribution in [0.5, 0.6) is 11.5 Å². The second kappa shape index (κ2) is 14.2. The number of carbonyl (C=O) groups excluding carboxylic acids is 2. The number of hydrogen-bond acceptors (Lipinski definition) is 6. The molecule has 2 aromatic rings. The first-order chi connectivity index (χ1) is 18.7. The molecule has 0 aromatic heterocycles. The second-order valence-corrected chi connectivity index (χ2v) is 11.8. The summed E-state index contributed by atoms with van der Waals surface area (Å²) in [5.74, 6) is 0.0422. The van der Waals surface area contributed by atoms with E-state index in [1.54, 1.807) is 12.1 Å². The predicted molar refractivity (Wildman–Crippen MR) is 153 cm³/mol. The van der Waals surface area contributed by atoms with Gasteiger partial charge >= 0.3 is 0 Å². The summed E-state index contributed by atoms with van der Waals surface area (Å²) in [5, 5.41) is 3.15. The Morgan fingerprint density at radius 3 is 2.31 bits per heavy atom. The molecule has 1 aliphatic rings. The Balaban J connectivity index is 1.92. The van der Waals surface area contributed by atoms with E-state index in [4.69, 9.17) is 9.47 Å². The predicted octanol–water partition coefficient (Wildman–Crippen LogP) is 3.77. The normalized spacial score (nSPS) is 14.8. The topological polar surface area (TPSA) is 105 Å². The second-order valence-electron chi connectivity index (χ2n) is 9.90. The summed E-state index contributed by atoms with van der Waals surface area (Å²) in [6.07, 6.45) is 7.14. The molecule has 0 unspecified atom stereocenters. The van der Waals surface area contributed by atoms with Crippen LogP contribution in [0, 0.1) is 0 Å². The Labute approximate surface area is 232 Å². The first-order valence-corrected chi connectivity index (χ1v) is 15.4. The van der Waals surface area contributed by atoms with Gasteiger partial charge in [0.2, 0.25) is 21.8 Å². The Kier molecular flexibility index (Phi) is 11.0. The molecule has 0 aliphatic heterocycles. The van der Waals surface area contributed by atoms with E-state index >= 15 is 0 Å². The Bertz CT molecular complexity index is 1200. The van der Waals surface area contributed by atoms with Crippen LogP contribution in [0.1, 0.15) is 51.0 Å². The minimum Gasteiger partial charge on any atom is -0.497 e. The molecule has 0 radical (unpaired) electrons. The van der Waals surface area contributed by atoms with Gasteiger partial charge in [-0.1, -0.05) is 56.5 Å². The van der Waals surface area contributed by atoms with Gasteiger partial charge in [-0.15, -0.1) is 0 Å². The van der Waals surface area contributed by atoms with Gasteiger partial charge < -0.3 is 19.7 Å². The van der Waals surface area contributed by atoms with E-state index in [1.165, 1.54) is 31.6 Å². The van der Waals surface area contributed by atoms with Gasteiger partial charge in [0.1, 0.15) is 24.1 Å². The number of carbonyl (C=O) groups is 2. The van der Waals surface area contributed by atoms with Gasteiger partial charge in [0.05, 0.1) is 26.2 Å². The molecule has 1 saturated carbocycles. The van der Waals surface area contributed by atoms with Gasteiger partial charge in [0.25, 0.3) is 0 Å². The number of anilines is 1. The summed E-state index contributed by atoms with van der Waals surface area (Å²) >= 11 is 0. The summed E-state index contributed by atoms with van der Waals surface area (Å²) in [6, 6.07) is 13.8. The van der Waals surface area contributed by atoms with E-state index in [2.05, 4.69) is 5.32 Å². The zero-order valence-electron chi connectivity index (χ0n) is 23.4. The summed E-state index contributed by atoms with van der Waals surface area (Å²) < 4.78 is 37.6. The molecule has 1 aliphatic carbocycles. The summed E-state index contributed by atoms with van der Waals surface area (Å²) in [4.78, 5) is 28.9. The highest BCUT2D eigenvalue weighted by Gasteiger charge is 2.33. The first-order valence-electron chi connectivity index (χ1n) is 13.5. The van der Waals surface area contributed by atoms with Crippen molar-refractivity contribution >= 4 is 27.5 Å². The highest BCUT2D eigenvalue weighted by molar-refractivity contribution is 7.92. The van der Waals surface area contributed by atoms with Crippen molar-refractivity contribution in [1.29, 1.82) is 0 Å². The molecule has 1 fully saturated rings. The Morgan fingerprint density at radius 2 is 1.72 bits per heavy atom. The standard InChI is InChI=1S/C29H41N3O6S/c1-5-25(29(34)30-23-14-10-7-11-15-23)31(19-18-22-12-8-6-9-13-22)28(33)21-32(39(4,35)36)26-20-24(37-2)16-17-27(26)38-3/h6,8-9,12-13,16-17,20,23,25H,5,7,10-11,14-15,18-19,21H2,1-4H3,(H,30,34)/t25-/m0/s1. The molecule has 214 valence electrons. The minimum absolute atomic E-state index is 0.0972. The van der Waals surface area contributed by atoms with Crippen molar-refractivity contribution in [3.8, 4) is 11.5 Å². The zero-order valence-corrected chi connectivity index (χ0v) is 24.2. The Morgan fingerprint density at radius 1 is 1.03 bits per heavy atom. The maximum Gasteiger partial charge on any atom is 0.244 e. The van der Waals surface area contributed by atoms with Crippen molar-refractivity contribution in [1.82, 2.24) is 10.2 Å². The SMILES string of the molecule is CC[C@@H](C(=O)NC1CCCCC1)N(CCc1ccccc1)C(=O)CN(c1cc(OC)ccc1OC)S(C)(=O)=O. The number of nitrogens with one attached hydrogen (secondary N) is 1. The molecule has 10 heteroatoms. The van der Waals surface area contributed by atoms with E-state index < -0.39 is 28.5 Å². The van der Waals surface area contributed by atoms with Gasteiger partial charge in [-0.2, -0.15) is 0 Å². The maximum absolute atomic E-state index is 13.9. The number of ether oxygens (including phenoxy) is 2. The van der Waals surface area contributed by atoms with E-state index in [0.29, 0.717) is 18.6 Å². The quantitative estimate of drug-likeness (QED) is 0.401. The zero-order chi connectivity index (χ0) is 28.4.